The highest BCUT2D eigenvalue weighted by Gasteiger charge is 2.29. The van der Waals surface area contributed by atoms with Crippen molar-refractivity contribution in [2.24, 2.45) is 5.92 Å². The topological polar surface area (TPSA) is 93.7 Å². The summed E-state index contributed by atoms with van der Waals surface area (Å²) in [5, 5.41) is 5.55. The molecular formula is C16H28N2O5. The van der Waals surface area contributed by atoms with Gasteiger partial charge in [-0.05, 0) is 47.0 Å². The zero-order chi connectivity index (χ0) is 17.5. The Morgan fingerprint density at radius 3 is 2.61 bits per heavy atom. The van der Waals surface area contributed by atoms with Crippen LogP contribution >= 0.6 is 0 Å². The van der Waals surface area contributed by atoms with Gasteiger partial charge in [-0.25, -0.2) is 4.79 Å². The molecule has 1 aliphatic rings. The number of rotatable bonds is 7. The van der Waals surface area contributed by atoms with E-state index in [0.717, 1.165) is 6.42 Å². The maximum Gasteiger partial charge on any atom is 0.407 e. The summed E-state index contributed by atoms with van der Waals surface area (Å²) in [5.41, 5.74) is -0.597. The van der Waals surface area contributed by atoms with Gasteiger partial charge in [0.1, 0.15) is 5.60 Å². The van der Waals surface area contributed by atoms with Crippen molar-refractivity contribution in [1.29, 1.82) is 0 Å². The minimum atomic E-state index is -0.597. The molecule has 2 unspecified atom stereocenters. The molecule has 0 bridgehead atoms. The molecule has 2 N–H and O–H groups in total. The van der Waals surface area contributed by atoms with Gasteiger partial charge in [0.15, 0.2) is 0 Å². The van der Waals surface area contributed by atoms with E-state index in [-0.39, 0.29) is 30.3 Å². The Morgan fingerprint density at radius 1 is 1.39 bits per heavy atom. The zero-order valence-electron chi connectivity index (χ0n) is 14.4. The maximum absolute atomic E-state index is 11.9. The highest BCUT2D eigenvalue weighted by atomic mass is 16.6. The van der Waals surface area contributed by atoms with E-state index >= 15 is 0 Å². The fourth-order valence-corrected chi connectivity index (χ4v) is 2.46. The highest BCUT2D eigenvalue weighted by Crippen LogP contribution is 2.19. The summed E-state index contributed by atoms with van der Waals surface area (Å²) in [5.74, 6) is -0.450. The normalized spacial score (nSPS) is 19.0. The summed E-state index contributed by atoms with van der Waals surface area (Å²) >= 11 is 0. The molecular weight excluding hydrogens is 300 g/mol. The lowest BCUT2D eigenvalue weighted by molar-refractivity contribution is -0.143. The fraction of sp³-hybridized carbons (Fsp3) is 0.812. The monoisotopic (exact) mass is 328 g/mol. The molecule has 0 aliphatic carbocycles. The lowest BCUT2D eigenvalue weighted by atomic mass is 9.95. The molecule has 7 heteroatoms. The highest BCUT2D eigenvalue weighted by molar-refractivity contribution is 5.80. The van der Waals surface area contributed by atoms with E-state index in [1.165, 1.54) is 0 Å². The molecule has 2 atom stereocenters. The van der Waals surface area contributed by atoms with Gasteiger partial charge in [0, 0.05) is 24.9 Å². The molecule has 0 aromatic heterocycles. The SMILES string of the molecule is CCOC(=O)CCC(CC1CCNC1=O)NC(=O)OC(C)(C)C. The predicted octanol–water partition coefficient (Wildman–Crippen LogP) is 1.75. The number of carbonyl (C=O) groups excluding carboxylic acids is 3. The van der Waals surface area contributed by atoms with Crippen molar-refractivity contribution in [1.82, 2.24) is 10.6 Å². The number of alkyl carbamates (subject to hydrolysis) is 1. The maximum atomic E-state index is 11.9. The van der Waals surface area contributed by atoms with Crippen LogP contribution in [0.1, 0.15) is 53.4 Å². The number of hydrogen-bond acceptors (Lipinski definition) is 5. The molecule has 1 aliphatic heterocycles. The number of carbonyl (C=O) groups is 3. The molecule has 1 fully saturated rings. The predicted molar refractivity (Wildman–Crippen MR) is 84.8 cm³/mol. The van der Waals surface area contributed by atoms with Crippen LogP contribution in [0, 0.1) is 5.92 Å². The van der Waals surface area contributed by atoms with Crippen LogP contribution in [-0.4, -0.2) is 42.8 Å². The standard InChI is InChI=1S/C16H28N2O5/c1-5-22-13(19)7-6-12(10-11-8-9-17-14(11)20)18-15(21)23-16(2,3)4/h11-12H,5-10H2,1-4H3,(H,17,20)(H,18,21). The second-order valence-corrected chi connectivity index (χ2v) is 6.70. The van der Waals surface area contributed by atoms with Gasteiger partial charge in [0.2, 0.25) is 5.91 Å². The van der Waals surface area contributed by atoms with Crippen LogP contribution in [-0.2, 0) is 19.1 Å². The molecule has 23 heavy (non-hydrogen) atoms. The minimum Gasteiger partial charge on any atom is -0.466 e. The summed E-state index contributed by atoms with van der Waals surface area (Å²) in [6.45, 7) is 8.08. The first-order chi connectivity index (χ1) is 10.7. The molecule has 1 rings (SSSR count). The summed E-state index contributed by atoms with van der Waals surface area (Å²) in [6, 6.07) is -0.303. The lowest BCUT2D eigenvalue weighted by Gasteiger charge is -2.24. The van der Waals surface area contributed by atoms with Crippen LogP contribution < -0.4 is 10.6 Å². The van der Waals surface area contributed by atoms with Crippen LogP contribution in [0.25, 0.3) is 0 Å². The van der Waals surface area contributed by atoms with E-state index in [1.807, 2.05) is 0 Å². The summed E-state index contributed by atoms with van der Waals surface area (Å²) in [4.78, 5) is 35.2. The summed E-state index contributed by atoms with van der Waals surface area (Å²) in [6.07, 6.45) is 1.31. The quantitative estimate of drug-likeness (QED) is 0.694. The number of nitrogens with one attached hydrogen (secondary N) is 2. The average molecular weight is 328 g/mol. The first kappa shape index (κ1) is 19.3. The molecule has 7 nitrogen and oxygen atoms in total. The van der Waals surface area contributed by atoms with Crippen LogP contribution in [0.5, 0.6) is 0 Å². The Labute approximate surface area is 137 Å². The van der Waals surface area contributed by atoms with E-state index in [4.69, 9.17) is 9.47 Å². The van der Waals surface area contributed by atoms with Gasteiger partial charge in [0.05, 0.1) is 6.61 Å². The fourth-order valence-electron chi connectivity index (χ4n) is 2.46. The van der Waals surface area contributed by atoms with Crippen molar-refractivity contribution in [3.63, 3.8) is 0 Å². The van der Waals surface area contributed by atoms with Crippen LogP contribution in [0.4, 0.5) is 4.79 Å². The van der Waals surface area contributed by atoms with Gasteiger partial charge in [0.25, 0.3) is 0 Å². The van der Waals surface area contributed by atoms with Crippen molar-refractivity contribution < 1.29 is 23.9 Å². The molecule has 2 amide bonds. The molecule has 0 spiro atoms. The second kappa shape index (κ2) is 8.74. The lowest BCUT2D eigenvalue weighted by Crippen LogP contribution is -2.41. The molecule has 0 aromatic rings. The van der Waals surface area contributed by atoms with E-state index in [2.05, 4.69) is 10.6 Å². The van der Waals surface area contributed by atoms with Crippen LogP contribution in [0.2, 0.25) is 0 Å². The Morgan fingerprint density at radius 2 is 2.09 bits per heavy atom. The Bertz CT molecular complexity index is 431. The largest absolute Gasteiger partial charge is 0.466 e. The molecule has 132 valence electrons. The minimum absolute atomic E-state index is 0.00266. The van der Waals surface area contributed by atoms with E-state index in [9.17, 15) is 14.4 Å². The third-order valence-electron chi connectivity index (χ3n) is 3.45. The van der Waals surface area contributed by atoms with E-state index in [1.54, 1.807) is 27.7 Å². The van der Waals surface area contributed by atoms with Crippen LogP contribution in [0.3, 0.4) is 0 Å². The van der Waals surface area contributed by atoms with Crippen molar-refractivity contribution in [3.8, 4) is 0 Å². The number of amides is 2. The first-order valence-corrected chi connectivity index (χ1v) is 8.14. The molecule has 1 heterocycles. The van der Waals surface area contributed by atoms with Gasteiger partial charge in [-0.15, -0.1) is 0 Å². The third kappa shape index (κ3) is 7.85. The number of esters is 1. The van der Waals surface area contributed by atoms with Crippen molar-refractivity contribution in [3.05, 3.63) is 0 Å². The smallest absolute Gasteiger partial charge is 0.407 e. The third-order valence-corrected chi connectivity index (χ3v) is 3.45. The van der Waals surface area contributed by atoms with E-state index in [0.29, 0.717) is 26.0 Å². The Kier molecular flexibility index (Phi) is 7.32. The van der Waals surface area contributed by atoms with Crippen molar-refractivity contribution >= 4 is 18.0 Å². The Hall–Kier alpha value is -1.79. The summed E-state index contributed by atoms with van der Waals surface area (Å²) in [7, 11) is 0. The number of hydrogen-bond donors (Lipinski definition) is 2. The van der Waals surface area contributed by atoms with Gasteiger partial charge in [-0.1, -0.05) is 0 Å². The van der Waals surface area contributed by atoms with Crippen LogP contribution in [0.15, 0.2) is 0 Å². The van der Waals surface area contributed by atoms with Gasteiger partial charge in [-0.2, -0.15) is 0 Å². The van der Waals surface area contributed by atoms with Gasteiger partial charge in [-0.3, -0.25) is 9.59 Å². The zero-order valence-corrected chi connectivity index (χ0v) is 14.4. The first-order valence-electron chi connectivity index (χ1n) is 8.14. The van der Waals surface area contributed by atoms with E-state index < -0.39 is 11.7 Å². The summed E-state index contributed by atoms with van der Waals surface area (Å²) < 4.78 is 10.2. The molecule has 0 saturated carbocycles. The van der Waals surface area contributed by atoms with Gasteiger partial charge >= 0.3 is 12.1 Å². The van der Waals surface area contributed by atoms with Gasteiger partial charge < -0.3 is 20.1 Å². The van der Waals surface area contributed by atoms with Crippen molar-refractivity contribution in [2.45, 2.75) is 65.0 Å². The molecule has 0 radical (unpaired) electrons. The molecule has 1 saturated heterocycles. The average Bonchev–Trinajstić information content (AvgIpc) is 2.79. The van der Waals surface area contributed by atoms with Crippen molar-refractivity contribution in [2.75, 3.05) is 13.2 Å². The number of ether oxygens (including phenoxy) is 2. The second-order valence-electron chi connectivity index (χ2n) is 6.70. The molecule has 0 aromatic carbocycles. The Balaban J connectivity index is 2.58.